The fourth-order valence-electron chi connectivity index (χ4n) is 3.51. The molecule has 172 valence electrons. The first kappa shape index (κ1) is 27.1. The van der Waals surface area contributed by atoms with Crippen LogP contribution < -0.4 is 4.72 Å². The number of aromatic carboxylic acids is 1. The quantitative estimate of drug-likeness (QED) is 0.213. The number of rotatable bonds is 18. The number of hydrogen-bond donors (Lipinski definition) is 2. The van der Waals surface area contributed by atoms with Crippen molar-refractivity contribution >= 4 is 31.9 Å². The molecule has 2 N–H and O–H groups in total. The molecular formula is C23H38BrNO4S. The van der Waals surface area contributed by atoms with Gasteiger partial charge >= 0.3 is 5.97 Å². The Labute approximate surface area is 191 Å². The molecule has 30 heavy (non-hydrogen) atoms. The van der Waals surface area contributed by atoms with E-state index >= 15 is 0 Å². The minimum absolute atomic E-state index is 0.191. The molecule has 1 rings (SSSR count). The van der Waals surface area contributed by atoms with Gasteiger partial charge < -0.3 is 5.11 Å². The lowest BCUT2D eigenvalue weighted by Crippen LogP contribution is -2.26. The monoisotopic (exact) mass is 503 g/mol. The number of carboxylic acid groups (broad SMARTS) is 1. The molecule has 0 aromatic heterocycles. The first-order valence-corrected chi connectivity index (χ1v) is 13.7. The van der Waals surface area contributed by atoms with Crippen LogP contribution in [0, 0.1) is 0 Å². The summed E-state index contributed by atoms with van der Waals surface area (Å²) in [4.78, 5) is 11.1. The lowest BCUT2D eigenvalue weighted by atomic mass is 10.0. The van der Waals surface area contributed by atoms with Gasteiger partial charge in [0.05, 0.1) is 10.5 Å². The molecule has 5 nitrogen and oxygen atoms in total. The van der Waals surface area contributed by atoms with Gasteiger partial charge in [0.15, 0.2) is 0 Å². The molecule has 0 bridgehead atoms. The van der Waals surface area contributed by atoms with Gasteiger partial charge in [-0.1, -0.05) is 106 Å². The molecular weight excluding hydrogens is 466 g/mol. The normalized spacial score (nSPS) is 11.7. The Bertz CT molecular complexity index is 722. The van der Waals surface area contributed by atoms with Gasteiger partial charge in [-0.25, -0.2) is 17.9 Å². The van der Waals surface area contributed by atoms with Crippen molar-refractivity contribution in [1.82, 2.24) is 4.72 Å². The number of carboxylic acids is 1. The van der Waals surface area contributed by atoms with E-state index in [0.29, 0.717) is 11.0 Å². The van der Waals surface area contributed by atoms with Crippen molar-refractivity contribution in [1.29, 1.82) is 0 Å². The molecule has 0 spiro atoms. The smallest absolute Gasteiger partial charge is 0.337 e. The fourth-order valence-corrected chi connectivity index (χ4v) is 5.12. The number of benzene rings is 1. The number of carbonyl (C=O) groups is 1. The summed E-state index contributed by atoms with van der Waals surface area (Å²) in [5.74, 6) is -1.26. The second-order valence-electron chi connectivity index (χ2n) is 7.94. The summed E-state index contributed by atoms with van der Waals surface area (Å²) in [5.41, 5.74) is -0.224. The molecule has 0 aliphatic carbocycles. The third-order valence-corrected chi connectivity index (χ3v) is 7.30. The molecule has 0 saturated carbocycles. The van der Waals surface area contributed by atoms with E-state index in [4.69, 9.17) is 0 Å². The largest absolute Gasteiger partial charge is 0.478 e. The fraction of sp³-hybridized carbons (Fsp3) is 0.696. The van der Waals surface area contributed by atoms with Crippen LogP contribution in [0.5, 0.6) is 0 Å². The van der Waals surface area contributed by atoms with Crippen molar-refractivity contribution in [2.24, 2.45) is 0 Å². The number of hydrogen-bond acceptors (Lipinski definition) is 3. The highest BCUT2D eigenvalue weighted by Crippen LogP contribution is 2.21. The van der Waals surface area contributed by atoms with Crippen LogP contribution in [-0.4, -0.2) is 26.0 Å². The Kier molecular flexibility index (Phi) is 14.3. The van der Waals surface area contributed by atoms with Gasteiger partial charge in [-0.3, -0.25) is 0 Å². The summed E-state index contributed by atoms with van der Waals surface area (Å²) in [6.45, 7) is 2.58. The van der Waals surface area contributed by atoms with Gasteiger partial charge in [0, 0.05) is 11.0 Å². The van der Waals surface area contributed by atoms with Gasteiger partial charge in [-0.15, -0.1) is 0 Å². The van der Waals surface area contributed by atoms with E-state index in [1.54, 1.807) is 0 Å². The Morgan fingerprint density at radius 3 is 1.80 bits per heavy atom. The number of halogens is 1. The third-order valence-electron chi connectivity index (χ3n) is 5.28. The van der Waals surface area contributed by atoms with Crippen LogP contribution >= 0.6 is 15.9 Å². The first-order valence-electron chi connectivity index (χ1n) is 11.4. The van der Waals surface area contributed by atoms with Crippen molar-refractivity contribution in [2.75, 3.05) is 6.54 Å². The van der Waals surface area contributed by atoms with E-state index < -0.39 is 16.0 Å². The predicted octanol–water partition coefficient (Wildman–Crippen LogP) is 6.91. The highest BCUT2D eigenvalue weighted by atomic mass is 79.9. The molecule has 1 aromatic carbocycles. The Morgan fingerprint density at radius 2 is 1.33 bits per heavy atom. The van der Waals surface area contributed by atoms with Crippen molar-refractivity contribution in [3.8, 4) is 0 Å². The van der Waals surface area contributed by atoms with Crippen LogP contribution in [0.2, 0.25) is 0 Å². The summed E-state index contributed by atoms with van der Waals surface area (Å²) < 4.78 is 27.9. The maximum atomic E-state index is 12.4. The Hall–Kier alpha value is -0.920. The second kappa shape index (κ2) is 15.8. The van der Waals surface area contributed by atoms with Gasteiger partial charge in [-0.05, 0) is 24.6 Å². The molecule has 0 atom stereocenters. The third kappa shape index (κ3) is 11.5. The minimum Gasteiger partial charge on any atom is -0.478 e. The van der Waals surface area contributed by atoms with Crippen LogP contribution in [0.3, 0.4) is 0 Å². The summed E-state index contributed by atoms with van der Waals surface area (Å²) in [5, 5.41) is 9.24. The Morgan fingerprint density at radius 1 is 0.867 bits per heavy atom. The standard InChI is InChI=1S/C23H38BrNO4S/c1-2-3-4-5-6-7-8-9-10-11-12-13-14-15-18-25-30(28,29)22-17-16-20(24)19-21(22)23(26)27/h16-17,19,25H,2-15,18H2,1H3,(H,26,27). The van der Waals surface area contributed by atoms with E-state index in [0.717, 1.165) is 19.3 Å². The van der Waals surface area contributed by atoms with Crippen molar-refractivity contribution in [3.63, 3.8) is 0 Å². The van der Waals surface area contributed by atoms with Crippen molar-refractivity contribution < 1.29 is 18.3 Å². The highest BCUT2D eigenvalue weighted by Gasteiger charge is 2.22. The van der Waals surface area contributed by atoms with E-state index in [9.17, 15) is 18.3 Å². The van der Waals surface area contributed by atoms with Gasteiger partial charge in [-0.2, -0.15) is 0 Å². The Balaban J connectivity index is 2.10. The summed E-state index contributed by atoms with van der Waals surface area (Å²) in [7, 11) is -3.82. The number of unbranched alkanes of at least 4 members (excludes halogenated alkanes) is 13. The van der Waals surface area contributed by atoms with E-state index in [-0.39, 0.29) is 10.5 Å². The molecule has 0 saturated heterocycles. The molecule has 0 heterocycles. The SMILES string of the molecule is CCCCCCCCCCCCCCCCNS(=O)(=O)c1ccc(Br)cc1C(=O)O. The summed E-state index contributed by atoms with van der Waals surface area (Å²) >= 11 is 3.18. The molecule has 0 aliphatic rings. The topological polar surface area (TPSA) is 83.5 Å². The lowest BCUT2D eigenvalue weighted by Gasteiger charge is -2.10. The summed E-state index contributed by atoms with van der Waals surface area (Å²) in [6, 6.07) is 4.16. The van der Waals surface area contributed by atoms with Crippen molar-refractivity contribution in [2.45, 2.75) is 102 Å². The number of nitrogens with one attached hydrogen (secondary N) is 1. The molecule has 1 aromatic rings. The molecule has 0 fully saturated rings. The maximum absolute atomic E-state index is 12.4. The van der Waals surface area contributed by atoms with E-state index in [2.05, 4.69) is 27.6 Å². The second-order valence-corrected chi connectivity index (χ2v) is 10.6. The van der Waals surface area contributed by atoms with Crippen LogP contribution in [0.25, 0.3) is 0 Å². The molecule has 0 unspecified atom stereocenters. The molecule has 0 aliphatic heterocycles. The van der Waals surface area contributed by atoms with Gasteiger partial charge in [0.2, 0.25) is 10.0 Å². The van der Waals surface area contributed by atoms with E-state index in [1.807, 2.05) is 0 Å². The average Bonchev–Trinajstić information content (AvgIpc) is 2.70. The van der Waals surface area contributed by atoms with Crippen LogP contribution in [0.1, 0.15) is 107 Å². The first-order chi connectivity index (χ1) is 14.4. The van der Waals surface area contributed by atoms with E-state index in [1.165, 1.54) is 88.8 Å². The zero-order valence-corrected chi connectivity index (χ0v) is 20.7. The zero-order chi connectivity index (χ0) is 22.2. The minimum atomic E-state index is -3.82. The van der Waals surface area contributed by atoms with Gasteiger partial charge in [0.1, 0.15) is 0 Å². The molecule has 0 radical (unpaired) electrons. The van der Waals surface area contributed by atoms with Crippen LogP contribution in [-0.2, 0) is 10.0 Å². The zero-order valence-electron chi connectivity index (χ0n) is 18.3. The lowest BCUT2D eigenvalue weighted by molar-refractivity contribution is 0.0692. The summed E-state index contributed by atoms with van der Waals surface area (Å²) in [6.07, 6.45) is 17.5. The van der Waals surface area contributed by atoms with Crippen LogP contribution in [0.4, 0.5) is 0 Å². The maximum Gasteiger partial charge on any atom is 0.337 e. The molecule has 0 amide bonds. The van der Waals surface area contributed by atoms with Crippen molar-refractivity contribution in [3.05, 3.63) is 28.2 Å². The highest BCUT2D eigenvalue weighted by molar-refractivity contribution is 9.10. The predicted molar refractivity (Wildman–Crippen MR) is 127 cm³/mol. The van der Waals surface area contributed by atoms with Gasteiger partial charge in [0.25, 0.3) is 0 Å². The molecule has 7 heteroatoms. The number of sulfonamides is 1. The van der Waals surface area contributed by atoms with Crippen LogP contribution in [0.15, 0.2) is 27.6 Å². The average molecular weight is 505 g/mol.